The zero-order valence-corrected chi connectivity index (χ0v) is 8.31. The number of nitrogens with two attached hydrogens (primary N) is 1. The van der Waals surface area contributed by atoms with Crippen molar-refractivity contribution in [3.05, 3.63) is 30.1 Å². The Labute approximate surface area is 83.4 Å². The van der Waals surface area contributed by atoms with Crippen molar-refractivity contribution < 1.29 is 4.74 Å². The number of rotatable bonds is 2. The predicted octanol–water partition coefficient (Wildman–Crippen LogP) is 1.11. The number of nitrogens with zero attached hydrogens (tertiary/aromatic N) is 2. The molecule has 0 radical (unpaired) electrons. The van der Waals surface area contributed by atoms with E-state index < -0.39 is 0 Å². The van der Waals surface area contributed by atoms with Crippen LogP contribution in [0.2, 0.25) is 0 Å². The lowest BCUT2D eigenvalue weighted by molar-refractivity contribution is 0.221. The first-order chi connectivity index (χ1) is 6.77. The van der Waals surface area contributed by atoms with E-state index >= 15 is 0 Å². The average molecular weight is 193 g/mol. The monoisotopic (exact) mass is 193 g/mol. The molecule has 0 saturated heterocycles. The zero-order valence-electron chi connectivity index (χ0n) is 8.31. The Morgan fingerprint density at radius 2 is 2.50 bits per heavy atom. The van der Waals surface area contributed by atoms with Gasteiger partial charge in [0, 0.05) is 13.2 Å². The Kier molecular flexibility index (Phi) is 2.54. The Balaban J connectivity index is 2.14. The smallest absolute Gasteiger partial charge is 0.0947 e. The van der Waals surface area contributed by atoms with Gasteiger partial charge in [-0.1, -0.05) is 0 Å². The van der Waals surface area contributed by atoms with Gasteiger partial charge in [-0.2, -0.15) is 0 Å². The maximum absolute atomic E-state index is 6.06. The highest BCUT2D eigenvalue weighted by Crippen LogP contribution is 2.23. The topological polar surface area (TPSA) is 53.1 Å². The van der Waals surface area contributed by atoms with Crippen LogP contribution in [-0.4, -0.2) is 16.2 Å². The molecule has 0 aromatic carbocycles. The molecule has 1 unspecified atom stereocenters. The molecule has 1 aromatic rings. The van der Waals surface area contributed by atoms with E-state index in [4.69, 9.17) is 10.5 Å². The molecule has 0 saturated carbocycles. The Hall–Kier alpha value is -1.29. The van der Waals surface area contributed by atoms with E-state index in [1.807, 2.05) is 17.8 Å². The summed E-state index contributed by atoms with van der Waals surface area (Å²) in [5, 5.41) is 0. The Bertz CT molecular complexity index is 343. The standard InChI is InChI=1S/C10H15N3O/c1-13-5-9(12-7-13)10(11)8-3-2-4-14-6-8/h5-7,10H,2-4,11H2,1H3. The van der Waals surface area contributed by atoms with Gasteiger partial charge in [-0.25, -0.2) is 4.98 Å². The number of aryl methyl sites for hydroxylation is 1. The summed E-state index contributed by atoms with van der Waals surface area (Å²) in [5.41, 5.74) is 8.10. The Morgan fingerprint density at radius 1 is 1.64 bits per heavy atom. The highest BCUT2D eigenvalue weighted by atomic mass is 16.5. The van der Waals surface area contributed by atoms with Gasteiger partial charge in [0.2, 0.25) is 0 Å². The lowest BCUT2D eigenvalue weighted by Crippen LogP contribution is -2.16. The molecule has 1 aliphatic rings. The predicted molar refractivity (Wildman–Crippen MR) is 53.4 cm³/mol. The van der Waals surface area contributed by atoms with Crippen LogP contribution in [0.15, 0.2) is 24.4 Å². The fraction of sp³-hybridized carbons (Fsp3) is 0.500. The van der Waals surface area contributed by atoms with Gasteiger partial charge in [-0.05, 0) is 18.4 Å². The second-order valence-corrected chi connectivity index (χ2v) is 3.61. The van der Waals surface area contributed by atoms with Crippen LogP contribution in [0.25, 0.3) is 0 Å². The van der Waals surface area contributed by atoms with Gasteiger partial charge in [0.15, 0.2) is 0 Å². The van der Waals surface area contributed by atoms with E-state index in [2.05, 4.69) is 4.98 Å². The van der Waals surface area contributed by atoms with Crippen molar-refractivity contribution in [1.82, 2.24) is 9.55 Å². The van der Waals surface area contributed by atoms with Crippen LogP contribution in [0.4, 0.5) is 0 Å². The maximum Gasteiger partial charge on any atom is 0.0947 e. The van der Waals surface area contributed by atoms with Crippen LogP contribution in [0, 0.1) is 0 Å². The Morgan fingerprint density at radius 3 is 3.07 bits per heavy atom. The summed E-state index contributed by atoms with van der Waals surface area (Å²) in [5.74, 6) is 0. The highest BCUT2D eigenvalue weighted by Gasteiger charge is 2.16. The SMILES string of the molecule is Cn1cnc(C(N)C2=COCCC2)c1. The summed E-state index contributed by atoms with van der Waals surface area (Å²) in [6, 6.07) is -0.114. The van der Waals surface area contributed by atoms with Crippen molar-refractivity contribution in [3.8, 4) is 0 Å². The molecule has 0 fully saturated rings. The van der Waals surface area contributed by atoms with E-state index in [9.17, 15) is 0 Å². The second-order valence-electron chi connectivity index (χ2n) is 3.61. The molecule has 2 heterocycles. The molecule has 0 spiro atoms. The number of aromatic nitrogens is 2. The molecule has 1 aromatic heterocycles. The van der Waals surface area contributed by atoms with Gasteiger partial charge in [0.05, 0.1) is 30.9 Å². The number of hydrogen-bond donors (Lipinski definition) is 1. The molecule has 0 bridgehead atoms. The lowest BCUT2D eigenvalue weighted by atomic mass is 10.0. The van der Waals surface area contributed by atoms with E-state index in [1.54, 1.807) is 12.6 Å². The van der Waals surface area contributed by atoms with Crippen LogP contribution in [-0.2, 0) is 11.8 Å². The number of ether oxygens (including phenoxy) is 1. The van der Waals surface area contributed by atoms with Crippen LogP contribution < -0.4 is 5.73 Å². The zero-order chi connectivity index (χ0) is 9.97. The van der Waals surface area contributed by atoms with Crippen molar-refractivity contribution in [1.29, 1.82) is 0 Å². The third-order valence-electron chi connectivity index (χ3n) is 2.41. The summed E-state index contributed by atoms with van der Waals surface area (Å²) < 4.78 is 7.16. The first-order valence-electron chi connectivity index (χ1n) is 4.81. The van der Waals surface area contributed by atoms with Gasteiger partial charge < -0.3 is 15.0 Å². The highest BCUT2D eigenvalue weighted by molar-refractivity contribution is 5.19. The fourth-order valence-electron chi connectivity index (χ4n) is 1.60. The third-order valence-corrected chi connectivity index (χ3v) is 2.41. The quantitative estimate of drug-likeness (QED) is 0.765. The largest absolute Gasteiger partial charge is 0.501 e. The number of imidazole rings is 1. The summed E-state index contributed by atoms with van der Waals surface area (Å²) in [6.07, 6.45) is 7.55. The van der Waals surface area contributed by atoms with Gasteiger partial charge in [0.25, 0.3) is 0 Å². The average Bonchev–Trinajstić information content (AvgIpc) is 2.65. The van der Waals surface area contributed by atoms with Crippen molar-refractivity contribution in [2.75, 3.05) is 6.61 Å². The molecular formula is C10H15N3O. The van der Waals surface area contributed by atoms with Gasteiger partial charge >= 0.3 is 0 Å². The van der Waals surface area contributed by atoms with Crippen LogP contribution in [0.5, 0.6) is 0 Å². The third kappa shape index (κ3) is 1.80. The van der Waals surface area contributed by atoms with Crippen molar-refractivity contribution in [2.24, 2.45) is 12.8 Å². The molecule has 76 valence electrons. The summed E-state index contributed by atoms with van der Waals surface area (Å²) in [4.78, 5) is 4.23. The molecule has 2 rings (SSSR count). The fourth-order valence-corrected chi connectivity index (χ4v) is 1.60. The molecule has 0 amide bonds. The van der Waals surface area contributed by atoms with Crippen LogP contribution in [0.1, 0.15) is 24.6 Å². The van der Waals surface area contributed by atoms with E-state index in [1.165, 1.54) is 0 Å². The molecule has 4 nitrogen and oxygen atoms in total. The van der Waals surface area contributed by atoms with Crippen molar-refractivity contribution in [3.63, 3.8) is 0 Å². The minimum Gasteiger partial charge on any atom is -0.501 e. The normalized spacial score (nSPS) is 18.6. The summed E-state index contributed by atoms with van der Waals surface area (Å²) >= 11 is 0. The van der Waals surface area contributed by atoms with Crippen LogP contribution in [0.3, 0.4) is 0 Å². The molecule has 0 aliphatic carbocycles. The van der Waals surface area contributed by atoms with Crippen molar-refractivity contribution >= 4 is 0 Å². The minimum absolute atomic E-state index is 0.114. The molecular weight excluding hydrogens is 178 g/mol. The maximum atomic E-state index is 6.06. The first kappa shape index (κ1) is 9.27. The van der Waals surface area contributed by atoms with Gasteiger partial charge in [0.1, 0.15) is 0 Å². The van der Waals surface area contributed by atoms with Crippen LogP contribution >= 0.6 is 0 Å². The minimum atomic E-state index is -0.114. The summed E-state index contributed by atoms with van der Waals surface area (Å²) in [7, 11) is 1.94. The molecule has 1 aliphatic heterocycles. The first-order valence-corrected chi connectivity index (χ1v) is 4.81. The second kappa shape index (κ2) is 3.84. The molecule has 4 heteroatoms. The van der Waals surface area contributed by atoms with E-state index in [-0.39, 0.29) is 6.04 Å². The molecule has 14 heavy (non-hydrogen) atoms. The van der Waals surface area contributed by atoms with E-state index in [0.29, 0.717) is 0 Å². The van der Waals surface area contributed by atoms with Gasteiger partial charge in [-0.3, -0.25) is 0 Å². The molecule has 2 N–H and O–H groups in total. The van der Waals surface area contributed by atoms with E-state index in [0.717, 1.165) is 30.7 Å². The summed E-state index contributed by atoms with van der Waals surface area (Å²) in [6.45, 7) is 0.804. The molecule has 1 atom stereocenters. The van der Waals surface area contributed by atoms with Crippen molar-refractivity contribution in [2.45, 2.75) is 18.9 Å². The van der Waals surface area contributed by atoms with Gasteiger partial charge in [-0.15, -0.1) is 0 Å². The lowest BCUT2D eigenvalue weighted by Gasteiger charge is -2.18. The number of hydrogen-bond acceptors (Lipinski definition) is 3.